The molecule has 128 valence electrons. The Labute approximate surface area is 146 Å². The Kier molecular flexibility index (Phi) is 4.92. The molecule has 1 aliphatic rings. The van der Waals surface area contributed by atoms with Gasteiger partial charge in [-0.3, -0.25) is 0 Å². The second kappa shape index (κ2) is 6.80. The summed E-state index contributed by atoms with van der Waals surface area (Å²) in [4.78, 5) is 2.11. The fourth-order valence-electron chi connectivity index (χ4n) is 2.91. The molecule has 7 heteroatoms. The number of sulfonamides is 1. The van der Waals surface area contributed by atoms with Crippen molar-refractivity contribution in [2.24, 2.45) is 0 Å². The van der Waals surface area contributed by atoms with Gasteiger partial charge in [0.15, 0.2) is 0 Å². The first-order chi connectivity index (χ1) is 11.4. The van der Waals surface area contributed by atoms with E-state index in [9.17, 15) is 12.8 Å². The minimum atomic E-state index is -3.77. The Bertz CT molecular complexity index is 830. The molecule has 1 unspecified atom stereocenters. The molecule has 2 aromatic rings. The molecule has 1 atom stereocenters. The van der Waals surface area contributed by atoms with Gasteiger partial charge in [-0.15, -0.1) is 0 Å². The number of likely N-dealkylation sites (N-methyl/N-ethyl adjacent to an activating group) is 1. The number of halogens is 2. The molecule has 0 radical (unpaired) electrons. The number of piperazine rings is 1. The highest BCUT2D eigenvalue weighted by molar-refractivity contribution is 7.89. The Morgan fingerprint density at radius 1 is 1.12 bits per heavy atom. The second-order valence-electron chi connectivity index (χ2n) is 5.88. The van der Waals surface area contributed by atoms with Gasteiger partial charge in [0.2, 0.25) is 10.0 Å². The first kappa shape index (κ1) is 17.4. The average Bonchev–Trinajstić information content (AvgIpc) is 2.57. The summed E-state index contributed by atoms with van der Waals surface area (Å²) in [6, 6.07) is 12.8. The van der Waals surface area contributed by atoms with Gasteiger partial charge in [-0.1, -0.05) is 41.9 Å². The summed E-state index contributed by atoms with van der Waals surface area (Å²) in [5, 5.41) is -0.193. The average molecular weight is 369 g/mol. The van der Waals surface area contributed by atoms with E-state index in [0.29, 0.717) is 19.6 Å². The summed E-state index contributed by atoms with van der Waals surface area (Å²) < 4.78 is 41.0. The summed E-state index contributed by atoms with van der Waals surface area (Å²) in [6.07, 6.45) is 0. The van der Waals surface area contributed by atoms with Crippen molar-refractivity contribution in [3.05, 3.63) is 64.9 Å². The Hall–Kier alpha value is -1.47. The summed E-state index contributed by atoms with van der Waals surface area (Å²) in [6.45, 7) is 1.60. The van der Waals surface area contributed by atoms with Crippen LogP contribution in [0.15, 0.2) is 53.4 Å². The molecule has 0 N–H and O–H groups in total. The van der Waals surface area contributed by atoms with E-state index in [0.717, 1.165) is 11.6 Å². The van der Waals surface area contributed by atoms with E-state index in [-0.39, 0.29) is 16.0 Å². The van der Waals surface area contributed by atoms with Crippen molar-refractivity contribution in [3.63, 3.8) is 0 Å². The van der Waals surface area contributed by atoms with Gasteiger partial charge >= 0.3 is 0 Å². The number of benzene rings is 2. The van der Waals surface area contributed by atoms with Crippen LogP contribution in [0, 0.1) is 5.82 Å². The van der Waals surface area contributed by atoms with Crippen LogP contribution in [0.2, 0.25) is 5.02 Å². The van der Waals surface area contributed by atoms with Crippen LogP contribution in [0.5, 0.6) is 0 Å². The van der Waals surface area contributed by atoms with Crippen molar-refractivity contribution in [2.45, 2.75) is 10.9 Å². The van der Waals surface area contributed by atoms with Crippen LogP contribution in [-0.4, -0.2) is 44.3 Å². The van der Waals surface area contributed by atoms with Crippen LogP contribution < -0.4 is 0 Å². The molecule has 1 aliphatic heterocycles. The third-order valence-electron chi connectivity index (χ3n) is 4.22. The minimum Gasteiger partial charge on any atom is -0.303 e. The fourth-order valence-corrected chi connectivity index (χ4v) is 4.78. The Morgan fingerprint density at radius 2 is 1.83 bits per heavy atom. The van der Waals surface area contributed by atoms with Crippen LogP contribution in [0.4, 0.5) is 4.39 Å². The van der Waals surface area contributed by atoms with E-state index >= 15 is 0 Å². The third-order valence-corrected chi connectivity index (χ3v) is 6.41. The fraction of sp³-hybridized carbons (Fsp3) is 0.294. The standard InChI is InChI=1S/C17H18ClFN2O2S/c1-20-9-10-21(17(12-20)13-5-3-2-4-6-13)24(22,23)14-7-8-16(19)15(18)11-14/h2-8,11,17H,9-10,12H2,1H3. The minimum absolute atomic E-state index is 0.0133. The summed E-state index contributed by atoms with van der Waals surface area (Å²) >= 11 is 5.77. The van der Waals surface area contributed by atoms with Gasteiger partial charge in [-0.25, -0.2) is 12.8 Å². The zero-order chi connectivity index (χ0) is 17.3. The SMILES string of the molecule is CN1CCN(S(=O)(=O)c2ccc(F)c(Cl)c2)C(c2ccccc2)C1. The van der Waals surface area contributed by atoms with Gasteiger partial charge < -0.3 is 4.90 Å². The van der Waals surface area contributed by atoms with Crippen LogP contribution in [0.25, 0.3) is 0 Å². The van der Waals surface area contributed by atoms with E-state index in [2.05, 4.69) is 4.90 Å². The summed E-state index contributed by atoms with van der Waals surface area (Å²) in [7, 11) is -1.80. The molecule has 3 rings (SSSR count). The topological polar surface area (TPSA) is 40.6 Å². The molecule has 0 aliphatic carbocycles. The van der Waals surface area contributed by atoms with Gasteiger partial charge in [0, 0.05) is 19.6 Å². The van der Waals surface area contributed by atoms with Gasteiger partial charge in [0.25, 0.3) is 0 Å². The van der Waals surface area contributed by atoms with E-state index in [1.165, 1.54) is 16.4 Å². The van der Waals surface area contributed by atoms with E-state index in [1.807, 2.05) is 37.4 Å². The van der Waals surface area contributed by atoms with E-state index in [4.69, 9.17) is 11.6 Å². The van der Waals surface area contributed by atoms with Crippen molar-refractivity contribution in [1.82, 2.24) is 9.21 Å². The summed E-state index contributed by atoms with van der Waals surface area (Å²) in [5.74, 6) is -0.631. The normalized spacial score (nSPS) is 20.2. The quantitative estimate of drug-likeness (QED) is 0.835. The smallest absolute Gasteiger partial charge is 0.243 e. The highest BCUT2D eigenvalue weighted by atomic mass is 35.5. The lowest BCUT2D eigenvalue weighted by atomic mass is 10.1. The molecule has 0 saturated carbocycles. The van der Waals surface area contributed by atoms with Crippen LogP contribution in [0.3, 0.4) is 0 Å². The maximum Gasteiger partial charge on any atom is 0.243 e. The Morgan fingerprint density at radius 3 is 2.50 bits per heavy atom. The monoisotopic (exact) mass is 368 g/mol. The van der Waals surface area contributed by atoms with Crippen molar-refractivity contribution >= 4 is 21.6 Å². The van der Waals surface area contributed by atoms with Gasteiger partial charge in [0.05, 0.1) is 16.0 Å². The van der Waals surface area contributed by atoms with Crippen molar-refractivity contribution < 1.29 is 12.8 Å². The molecular weight excluding hydrogens is 351 g/mol. The van der Waals surface area contributed by atoms with Gasteiger partial charge in [0.1, 0.15) is 5.82 Å². The van der Waals surface area contributed by atoms with Crippen molar-refractivity contribution in [3.8, 4) is 0 Å². The predicted molar refractivity (Wildman–Crippen MR) is 92.0 cm³/mol. The first-order valence-electron chi connectivity index (χ1n) is 7.60. The molecule has 1 fully saturated rings. The highest BCUT2D eigenvalue weighted by Crippen LogP contribution is 2.31. The van der Waals surface area contributed by atoms with Crippen molar-refractivity contribution in [2.75, 3.05) is 26.7 Å². The maximum atomic E-state index is 13.4. The van der Waals surface area contributed by atoms with Crippen LogP contribution in [0.1, 0.15) is 11.6 Å². The summed E-state index contributed by atoms with van der Waals surface area (Å²) in [5.41, 5.74) is 0.931. The zero-order valence-electron chi connectivity index (χ0n) is 13.2. The van der Waals surface area contributed by atoms with Gasteiger partial charge in [-0.05, 0) is 30.8 Å². The lowest BCUT2D eigenvalue weighted by Crippen LogP contribution is -2.49. The number of hydrogen-bond donors (Lipinski definition) is 0. The van der Waals surface area contributed by atoms with Crippen molar-refractivity contribution in [1.29, 1.82) is 0 Å². The molecule has 24 heavy (non-hydrogen) atoms. The number of nitrogens with zero attached hydrogens (tertiary/aromatic N) is 2. The molecule has 4 nitrogen and oxygen atoms in total. The Balaban J connectivity index is 2.02. The maximum absolute atomic E-state index is 13.4. The largest absolute Gasteiger partial charge is 0.303 e. The zero-order valence-corrected chi connectivity index (χ0v) is 14.8. The van der Waals surface area contributed by atoms with Gasteiger partial charge in [-0.2, -0.15) is 4.31 Å². The molecule has 0 bridgehead atoms. The van der Waals surface area contributed by atoms with E-state index < -0.39 is 15.8 Å². The first-order valence-corrected chi connectivity index (χ1v) is 9.42. The second-order valence-corrected chi connectivity index (χ2v) is 8.18. The lowest BCUT2D eigenvalue weighted by Gasteiger charge is -2.39. The number of hydrogen-bond acceptors (Lipinski definition) is 3. The van der Waals surface area contributed by atoms with Crippen LogP contribution >= 0.6 is 11.6 Å². The molecule has 1 heterocycles. The molecule has 1 saturated heterocycles. The third kappa shape index (κ3) is 3.32. The van der Waals surface area contributed by atoms with Crippen LogP contribution in [-0.2, 0) is 10.0 Å². The highest BCUT2D eigenvalue weighted by Gasteiger charge is 2.36. The van der Waals surface area contributed by atoms with E-state index in [1.54, 1.807) is 0 Å². The molecule has 0 spiro atoms. The molecular formula is C17H18ClFN2O2S. The molecule has 0 amide bonds. The number of rotatable bonds is 3. The molecule has 2 aromatic carbocycles. The predicted octanol–water partition coefficient (Wildman–Crippen LogP) is 3.16. The lowest BCUT2D eigenvalue weighted by molar-refractivity contribution is 0.160. The molecule has 0 aromatic heterocycles.